The van der Waals surface area contributed by atoms with Crippen molar-refractivity contribution >= 4 is 11.8 Å². The maximum atomic E-state index is 11.9. The molecule has 0 unspecified atom stereocenters. The molecular weight excluding hydrogens is 266 g/mol. The van der Waals surface area contributed by atoms with E-state index in [0.29, 0.717) is 0 Å². The number of hydrogen-bond acceptors (Lipinski definition) is 4. The highest BCUT2D eigenvalue weighted by Crippen LogP contribution is 2.37. The molecule has 1 aliphatic carbocycles. The Balaban J connectivity index is 1.92. The van der Waals surface area contributed by atoms with Gasteiger partial charge in [-0.2, -0.15) is 0 Å². The van der Waals surface area contributed by atoms with Gasteiger partial charge >= 0.3 is 6.09 Å². The molecule has 0 spiro atoms. The molecule has 1 heterocycles. The molecule has 21 heavy (non-hydrogen) atoms. The molecule has 1 N–H and O–H groups in total. The van der Waals surface area contributed by atoms with Gasteiger partial charge < -0.3 is 15.0 Å². The van der Waals surface area contributed by atoms with E-state index < -0.39 is 5.60 Å². The van der Waals surface area contributed by atoms with E-state index in [1.165, 1.54) is 0 Å². The zero-order valence-corrected chi connectivity index (χ0v) is 13.6. The van der Waals surface area contributed by atoms with Gasteiger partial charge in [-0.25, -0.2) is 4.79 Å². The maximum absolute atomic E-state index is 11.9. The summed E-state index contributed by atoms with van der Waals surface area (Å²) in [4.78, 5) is 18.3. The smallest absolute Gasteiger partial charge is 0.408 e. The highest BCUT2D eigenvalue weighted by molar-refractivity contribution is 5.69. The van der Waals surface area contributed by atoms with E-state index >= 15 is 0 Å². The van der Waals surface area contributed by atoms with Crippen LogP contribution in [0.3, 0.4) is 0 Å². The first-order valence-corrected chi connectivity index (χ1v) is 7.34. The fourth-order valence-electron chi connectivity index (χ4n) is 2.22. The van der Waals surface area contributed by atoms with Gasteiger partial charge in [-0.15, -0.1) is 0 Å². The Bertz CT molecular complexity index is 501. The summed E-state index contributed by atoms with van der Waals surface area (Å²) in [5.41, 5.74) is 1.42. The van der Waals surface area contributed by atoms with E-state index in [0.717, 1.165) is 30.8 Å². The van der Waals surface area contributed by atoms with Crippen molar-refractivity contribution in [2.45, 2.75) is 51.7 Å². The van der Waals surface area contributed by atoms with Gasteiger partial charge in [0.2, 0.25) is 0 Å². The molecule has 116 valence electrons. The van der Waals surface area contributed by atoms with Crippen LogP contribution in [0, 0.1) is 6.92 Å². The quantitative estimate of drug-likeness (QED) is 0.926. The van der Waals surface area contributed by atoms with Crippen LogP contribution in [-0.4, -0.2) is 35.8 Å². The van der Waals surface area contributed by atoms with Crippen LogP contribution in [0.25, 0.3) is 0 Å². The van der Waals surface area contributed by atoms with Crippen molar-refractivity contribution in [3.8, 4) is 0 Å². The van der Waals surface area contributed by atoms with Crippen molar-refractivity contribution in [3.63, 3.8) is 0 Å². The minimum Gasteiger partial charge on any atom is -0.444 e. The monoisotopic (exact) mass is 291 g/mol. The lowest BCUT2D eigenvalue weighted by Gasteiger charge is -2.28. The van der Waals surface area contributed by atoms with Crippen LogP contribution in [0.1, 0.15) is 39.3 Å². The van der Waals surface area contributed by atoms with Crippen molar-refractivity contribution in [2.24, 2.45) is 0 Å². The molecule has 1 aromatic rings. The van der Waals surface area contributed by atoms with Gasteiger partial charge in [0.05, 0.1) is 17.4 Å². The number of nitrogens with zero attached hydrogens (tertiary/aromatic N) is 2. The number of carbonyl (C=O) groups is 1. The van der Waals surface area contributed by atoms with Crippen LogP contribution < -0.4 is 10.2 Å². The second-order valence-corrected chi connectivity index (χ2v) is 6.92. The zero-order chi connectivity index (χ0) is 15.7. The summed E-state index contributed by atoms with van der Waals surface area (Å²) in [6.07, 6.45) is 3.49. The molecule has 2 rings (SSSR count). The number of carbonyl (C=O) groups excluding carboxylic acids is 1. The number of amides is 1. The molecule has 1 aliphatic rings. The lowest BCUT2D eigenvalue weighted by Crippen LogP contribution is -2.46. The van der Waals surface area contributed by atoms with Crippen molar-refractivity contribution in [2.75, 3.05) is 18.5 Å². The number of hydrogen-bond donors (Lipinski definition) is 1. The second kappa shape index (κ2) is 5.54. The van der Waals surface area contributed by atoms with E-state index in [9.17, 15) is 4.79 Å². The van der Waals surface area contributed by atoms with Gasteiger partial charge in [0.25, 0.3) is 0 Å². The Labute approximate surface area is 126 Å². The normalized spacial score (nSPS) is 16.2. The van der Waals surface area contributed by atoms with Crippen LogP contribution in [-0.2, 0) is 4.74 Å². The lowest BCUT2D eigenvalue weighted by molar-refractivity contribution is 0.0498. The SMILES string of the molecule is Cc1ccc(N(C)CC2(NC(=O)OC(C)(C)C)CC2)cn1. The van der Waals surface area contributed by atoms with Gasteiger partial charge in [-0.1, -0.05) is 0 Å². The predicted octanol–water partition coefficient (Wildman–Crippen LogP) is 2.88. The summed E-state index contributed by atoms with van der Waals surface area (Å²) in [7, 11) is 2.02. The molecule has 0 radical (unpaired) electrons. The van der Waals surface area contributed by atoms with E-state index in [2.05, 4.69) is 15.2 Å². The van der Waals surface area contributed by atoms with E-state index in [-0.39, 0.29) is 11.6 Å². The van der Waals surface area contributed by atoms with Gasteiger partial charge in [0, 0.05) is 19.3 Å². The molecule has 1 aromatic heterocycles. The standard InChI is InChI=1S/C16H25N3O2/c1-12-6-7-13(10-17-12)19(5)11-16(8-9-16)18-14(20)21-15(2,3)4/h6-7,10H,8-9,11H2,1-5H3,(H,18,20). The molecule has 0 bridgehead atoms. The summed E-state index contributed by atoms with van der Waals surface area (Å²) in [6, 6.07) is 4.04. The minimum atomic E-state index is -0.465. The third-order valence-electron chi connectivity index (χ3n) is 3.50. The summed E-state index contributed by atoms with van der Waals surface area (Å²) in [6.45, 7) is 8.34. The number of alkyl carbamates (subject to hydrolysis) is 1. The summed E-state index contributed by atoms with van der Waals surface area (Å²) in [5.74, 6) is 0. The molecule has 1 saturated carbocycles. The Morgan fingerprint density at radius 1 is 1.43 bits per heavy atom. The summed E-state index contributed by atoms with van der Waals surface area (Å²) < 4.78 is 5.34. The molecule has 0 aromatic carbocycles. The van der Waals surface area contributed by atoms with E-state index in [1.54, 1.807) is 0 Å². The van der Waals surface area contributed by atoms with Gasteiger partial charge in [0.1, 0.15) is 5.60 Å². The van der Waals surface area contributed by atoms with Crippen molar-refractivity contribution < 1.29 is 9.53 Å². The van der Waals surface area contributed by atoms with Crippen molar-refractivity contribution in [1.82, 2.24) is 10.3 Å². The molecular formula is C16H25N3O2. The van der Waals surface area contributed by atoms with Crippen LogP contribution in [0.15, 0.2) is 18.3 Å². The number of ether oxygens (including phenoxy) is 1. The molecule has 5 nitrogen and oxygen atoms in total. The minimum absolute atomic E-state index is 0.165. The number of aromatic nitrogens is 1. The molecule has 5 heteroatoms. The first-order chi connectivity index (χ1) is 9.69. The number of anilines is 1. The fourth-order valence-corrected chi connectivity index (χ4v) is 2.22. The van der Waals surface area contributed by atoms with Gasteiger partial charge in [-0.05, 0) is 52.7 Å². The van der Waals surface area contributed by atoms with E-state index in [4.69, 9.17) is 4.74 Å². The Morgan fingerprint density at radius 3 is 2.57 bits per heavy atom. The predicted molar refractivity (Wildman–Crippen MR) is 83.6 cm³/mol. The number of rotatable bonds is 4. The molecule has 0 atom stereocenters. The molecule has 0 aliphatic heterocycles. The zero-order valence-electron chi connectivity index (χ0n) is 13.6. The molecule has 1 fully saturated rings. The lowest BCUT2D eigenvalue weighted by atomic mass is 10.2. The Kier molecular flexibility index (Phi) is 4.12. The highest BCUT2D eigenvalue weighted by Gasteiger charge is 2.45. The number of pyridine rings is 1. The Hall–Kier alpha value is -1.78. The highest BCUT2D eigenvalue weighted by atomic mass is 16.6. The van der Waals surface area contributed by atoms with Crippen LogP contribution in [0.5, 0.6) is 0 Å². The first-order valence-electron chi connectivity index (χ1n) is 7.34. The second-order valence-electron chi connectivity index (χ2n) is 6.92. The Morgan fingerprint density at radius 2 is 2.10 bits per heavy atom. The molecule has 0 saturated heterocycles. The third-order valence-corrected chi connectivity index (χ3v) is 3.50. The number of nitrogens with one attached hydrogen (secondary N) is 1. The average molecular weight is 291 g/mol. The van der Waals surface area contributed by atoms with Crippen LogP contribution in [0.4, 0.5) is 10.5 Å². The summed E-state index contributed by atoms with van der Waals surface area (Å²) in [5, 5.41) is 3.01. The van der Waals surface area contributed by atoms with Crippen LogP contribution >= 0.6 is 0 Å². The third kappa shape index (κ3) is 4.62. The van der Waals surface area contributed by atoms with Crippen molar-refractivity contribution in [1.29, 1.82) is 0 Å². The fraction of sp³-hybridized carbons (Fsp3) is 0.625. The maximum Gasteiger partial charge on any atom is 0.408 e. The number of likely N-dealkylation sites (N-methyl/N-ethyl adjacent to an activating group) is 1. The molecule has 1 amide bonds. The van der Waals surface area contributed by atoms with E-state index in [1.807, 2.05) is 53.1 Å². The van der Waals surface area contributed by atoms with Gasteiger partial charge in [-0.3, -0.25) is 4.98 Å². The summed E-state index contributed by atoms with van der Waals surface area (Å²) >= 11 is 0. The largest absolute Gasteiger partial charge is 0.444 e. The van der Waals surface area contributed by atoms with Gasteiger partial charge in [0.15, 0.2) is 0 Å². The van der Waals surface area contributed by atoms with Crippen molar-refractivity contribution in [3.05, 3.63) is 24.0 Å². The number of aryl methyl sites for hydroxylation is 1. The topological polar surface area (TPSA) is 54.5 Å². The first kappa shape index (κ1) is 15.6. The average Bonchev–Trinajstić information content (AvgIpc) is 3.06. The van der Waals surface area contributed by atoms with Crippen LogP contribution in [0.2, 0.25) is 0 Å².